The minimum Gasteiger partial charge on any atom is -0.423 e. The van der Waals surface area contributed by atoms with E-state index in [-0.39, 0.29) is 5.63 Å². The molecule has 2 aromatic carbocycles. The maximum atomic E-state index is 11.7. The zero-order valence-corrected chi connectivity index (χ0v) is 12.4. The molecule has 0 saturated heterocycles. The second kappa shape index (κ2) is 4.07. The molecule has 3 aromatic rings. The van der Waals surface area contributed by atoms with Gasteiger partial charge in [-0.05, 0) is 22.0 Å². The third kappa shape index (κ3) is 2.00. The Balaban J connectivity index is 2.60. The predicted molar refractivity (Wildman–Crippen MR) is 83.0 cm³/mol. The van der Waals surface area contributed by atoms with Crippen LogP contribution in [0.1, 0.15) is 0 Å². The van der Waals surface area contributed by atoms with E-state index in [1.54, 1.807) is 6.07 Å². The van der Waals surface area contributed by atoms with Crippen LogP contribution in [0.2, 0.25) is 19.6 Å². The van der Waals surface area contributed by atoms with Crippen molar-refractivity contribution in [2.45, 2.75) is 19.6 Å². The molecular weight excluding hydrogens is 252 g/mol. The van der Waals surface area contributed by atoms with E-state index in [1.165, 1.54) is 16.0 Å². The molecule has 0 aliphatic carbocycles. The van der Waals surface area contributed by atoms with E-state index in [9.17, 15) is 4.79 Å². The Morgan fingerprint density at radius 1 is 1.00 bits per heavy atom. The highest BCUT2D eigenvalue weighted by Crippen LogP contribution is 2.24. The first kappa shape index (κ1) is 12.2. The SMILES string of the molecule is C[Si](C)(C)c1cc(=O)oc2ccc3ccccc3c12. The average molecular weight is 268 g/mol. The summed E-state index contributed by atoms with van der Waals surface area (Å²) >= 11 is 0. The van der Waals surface area contributed by atoms with Gasteiger partial charge in [0.05, 0.1) is 8.07 Å². The molecule has 0 saturated carbocycles. The van der Waals surface area contributed by atoms with E-state index in [0.717, 1.165) is 5.39 Å². The van der Waals surface area contributed by atoms with Gasteiger partial charge in [-0.25, -0.2) is 4.79 Å². The van der Waals surface area contributed by atoms with Crippen molar-refractivity contribution in [3.8, 4) is 0 Å². The smallest absolute Gasteiger partial charge is 0.336 e. The fourth-order valence-corrected chi connectivity index (χ4v) is 4.09. The standard InChI is InChI=1S/C16H16O2Si/c1-19(2,3)14-10-15(17)18-13-9-8-11-6-4-5-7-12(11)16(13)14/h4-10H,1-3H3. The third-order valence-corrected chi connectivity index (χ3v) is 5.45. The van der Waals surface area contributed by atoms with Crippen molar-refractivity contribution in [1.29, 1.82) is 0 Å². The van der Waals surface area contributed by atoms with Gasteiger partial charge in [0, 0.05) is 11.5 Å². The second-order valence-electron chi connectivity index (χ2n) is 5.89. The zero-order valence-electron chi connectivity index (χ0n) is 11.4. The predicted octanol–water partition coefficient (Wildman–Crippen LogP) is 3.49. The first-order chi connectivity index (χ1) is 8.97. The lowest BCUT2D eigenvalue weighted by molar-refractivity contribution is 0.562. The lowest BCUT2D eigenvalue weighted by atomic mass is 10.1. The number of rotatable bonds is 1. The highest BCUT2D eigenvalue weighted by molar-refractivity contribution is 6.90. The van der Waals surface area contributed by atoms with Crippen LogP contribution in [0.15, 0.2) is 51.7 Å². The lowest BCUT2D eigenvalue weighted by Crippen LogP contribution is -2.39. The van der Waals surface area contributed by atoms with Crippen LogP contribution in [0.25, 0.3) is 21.7 Å². The van der Waals surface area contributed by atoms with Gasteiger partial charge in [-0.2, -0.15) is 0 Å². The highest BCUT2D eigenvalue weighted by Gasteiger charge is 2.22. The first-order valence-electron chi connectivity index (χ1n) is 6.43. The van der Waals surface area contributed by atoms with Gasteiger partial charge in [0.2, 0.25) is 0 Å². The van der Waals surface area contributed by atoms with Crippen molar-refractivity contribution in [3.05, 3.63) is 52.9 Å². The Morgan fingerprint density at radius 2 is 1.74 bits per heavy atom. The molecule has 0 bridgehead atoms. The molecule has 0 aliphatic rings. The van der Waals surface area contributed by atoms with Crippen molar-refractivity contribution in [3.63, 3.8) is 0 Å². The van der Waals surface area contributed by atoms with E-state index < -0.39 is 8.07 Å². The van der Waals surface area contributed by atoms with Gasteiger partial charge >= 0.3 is 5.63 Å². The summed E-state index contributed by atoms with van der Waals surface area (Å²) in [7, 11) is -1.61. The normalized spacial score (nSPS) is 12.2. The maximum Gasteiger partial charge on any atom is 0.336 e. The van der Waals surface area contributed by atoms with Gasteiger partial charge in [0.25, 0.3) is 0 Å². The number of hydrogen-bond acceptors (Lipinski definition) is 2. The molecule has 0 aliphatic heterocycles. The van der Waals surface area contributed by atoms with Gasteiger partial charge in [-0.15, -0.1) is 0 Å². The van der Waals surface area contributed by atoms with Crippen molar-refractivity contribution in [1.82, 2.24) is 0 Å². The lowest BCUT2D eigenvalue weighted by Gasteiger charge is -2.19. The first-order valence-corrected chi connectivity index (χ1v) is 9.93. The van der Waals surface area contributed by atoms with Crippen molar-refractivity contribution in [2.75, 3.05) is 0 Å². The van der Waals surface area contributed by atoms with Crippen molar-refractivity contribution in [2.24, 2.45) is 0 Å². The monoisotopic (exact) mass is 268 g/mol. The molecule has 3 rings (SSSR count). The molecule has 1 heterocycles. The van der Waals surface area contributed by atoms with Crippen LogP contribution in [-0.2, 0) is 0 Å². The van der Waals surface area contributed by atoms with Crippen molar-refractivity contribution < 1.29 is 4.42 Å². The molecule has 0 radical (unpaired) electrons. The van der Waals surface area contributed by atoms with Gasteiger partial charge in [0.15, 0.2) is 0 Å². The van der Waals surface area contributed by atoms with Gasteiger partial charge in [-0.3, -0.25) is 0 Å². The fraction of sp³-hybridized carbons (Fsp3) is 0.188. The summed E-state index contributed by atoms with van der Waals surface area (Å²) < 4.78 is 5.37. The third-order valence-electron chi connectivity index (χ3n) is 3.44. The molecule has 96 valence electrons. The molecule has 19 heavy (non-hydrogen) atoms. The molecule has 0 N–H and O–H groups in total. The van der Waals surface area contributed by atoms with E-state index in [1.807, 2.05) is 24.3 Å². The number of hydrogen-bond donors (Lipinski definition) is 0. The fourth-order valence-electron chi connectivity index (χ4n) is 2.53. The molecule has 3 heteroatoms. The molecule has 2 nitrogen and oxygen atoms in total. The summed E-state index contributed by atoms with van der Waals surface area (Å²) in [5.41, 5.74) is 0.448. The number of benzene rings is 2. The van der Waals surface area contributed by atoms with Crippen LogP contribution in [0.3, 0.4) is 0 Å². The van der Waals surface area contributed by atoms with E-state index in [2.05, 4.69) is 31.8 Å². The van der Waals surface area contributed by atoms with Gasteiger partial charge in [-0.1, -0.05) is 50.0 Å². The highest BCUT2D eigenvalue weighted by atomic mass is 28.3. The minimum absolute atomic E-state index is 0.250. The van der Waals surface area contributed by atoms with E-state index in [0.29, 0.717) is 5.58 Å². The summed E-state index contributed by atoms with van der Waals surface area (Å²) in [4.78, 5) is 11.7. The quantitative estimate of drug-likeness (QED) is 0.384. The Kier molecular flexibility index (Phi) is 2.61. The minimum atomic E-state index is -1.61. The van der Waals surface area contributed by atoms with Crippen LogP contribution in [0.5, 0.6) is 0 Å². The van der Waals surface area contributed by atoms with E-state index >= 15 is 0 Å². The largest absolute Gasteiger partial charge is 0.423 e. The van der Waals surface area contributed by atoms with E-state index in [4.69, 9.17) is 4.42 Å². The second-order valence-corrected chi connectivity index (χ2v) is 10.9. The molecule has 0 atom stereocenters. The molecule has 0 amide bonds. The summed E-state index contributed by atoms with van der Waals surface area (Å²) in [5, 5.41) is 4.64. The van der Waals surface area contributed by atoms with Crippen LogP contribution in [0, 0.1) is 0 Å². The Bertz CT molecular complexity index is 825. The maximum absolute atomic E-state index is 11.7. The summed E-state index contributed by atoms with van der Waals surface area (Å²) in [5.74, 6) is 0. The number of fused-ring (bicyclic) bond motifs is 3. The van der Waals surface area contributed by atoms with Crippen LogP contribution in [0.4, 0.5) is 0 Å². The molecular formula is C16H16O2Si. The Hall–Kier alpha value is -1.87. The molecule has 1 aromatic heterocycles. The topological polar surface area (TPSA) is 30.2 Å². The molecule has 0 spiro atoms. The average Bonchev–Trinajstić information content (AvgIpc) is 2.36. The summed E-state index contributed by atoms with van der Waals surface area (Å²) in [6.07, 6.45) is 0. The molecule has 0 fully saturated rings. The summed E-state index contributed by atoms with van der Waals surface area (Å²) in [6.45, 7) is 6.76. The Labute approximate surface area is 112 Å². The van der Waals surface area contributed by atoms with Crippen LogP contribution < -0.4 is 10.8 Å². The molecule has 0 unspecified atom stereocenters. The zero-order chi connectivity index (χ0) is 13.6. The van der Waals surface area contributed by atoms with Crippen LogP contribution in [-0.4, -0.2) is 8.07 Å². The van der Waals surface area contributed by atoms with Crippen LogP contribution >= 0.6 is 0 Å². The Morgan fingerprint density at radius 3 is 2.47 bits per heavy atom. The van der Waals surface area contributed by atoms with Crippen molar-refractivity contribution >= 4 is 35.0 Å². The van der Waals surface area contributed by atoms with Gasteiger partial charge in [0.1, 0.15) is 5.58 Å². The summed E-state index contributed by atoms with van der Waals surface area (Å²) in [6, 6.07) is 13.8. The van der Waals surface area contributed by atoms with Gasteiger partial charge < -0.3 is 4.42 Å².